The van der Waals surface area contributed by atoms with Crippen molar-refractivity contribution in [2.24, 2.45) is 5.11 Å². The van der Waals surface area contributed by atoms with Gasteiger partial charge in [0.25, 0.3) is 0 Å². The lowest BCUT2D eigenvalue weighted by Crippen LogP contribution is -2.32. The van der Waals surface area contributed by atoms with Gasteiger partial charge in [0, 0.05) is 4.91 Å². The zero-order chi connectivity index (χ0) is 16.7. The molecule has 2 heterocycles. The zero-order valence-corrected chi connectivity index (χ0v) is 13.6. The van der Waals surface area contributed by atoms with Crippen molar-refractivity contribution in [3.05, 3.63) is 37.9 Å². The summed E-state index contributed by atoms with van der Waals surface area (Å²) in [4.78, 5) is 6.75. The number of imidazole rings is 1. The molecule has 0 saturated carbocycles. The third-order valence-electron chi connectivity index (χ3n) is 3.61. The number of nitrogens with zero attached hydrogens (tertiary/aromatic N) is 5. The monoisotopic (exact) mass is 377 g/mol. The van der Waals surface area contributed by atoms with E-state index in [0.717, 1.165) is 0 Å². The number of halogens is 3. The molecule has 0 radical (unpaired) electrons. The summed E-state index contributed by atoms with van der Waals surface area (Å²) >= 11 is 18.1. The van der Waals surface area contributed by atoms with Gasteiger partial charge in [0.2, 0.25) is 5.28 Å². The molecule has 4 unspecified atom stereocenters. The second-order valence-electron chi connectivity index (χ2n) is 4.97. The van der Waals surface area contributed by atoms with E-state index in [4.69, 9.17) is 45.1 Å². The van der Waals surface area contributed by atoms with Gasteiger partial charge in [-0.25, -0.2) is 4.98 Å². The first-order chi connectivity index (χ1) is 10.9. The molecular formula is C12H10Cl3N5O3. The molecule has 1 saturated heterocycles. The van der Waals surface area contributed by atoms with Crippen LogP contribution in [-0.2, 0) is 4.74 Å². The Morgan fingerprint density at radius 1 is 1.26 bits per heavy atom. The average molecular weight is 379 g/mol. The van der Waals surface area contributed by atoms with Crippen LogP contribution >= 0.6 is 34.8 Å². The summed E-state index contributed by atoms with van der Waals surface area (Å²) in [6, 6.07) is 3.08. The Morgan fingerprint density at radius 2 is 1.96 bits per heavy atom. The number of azide groups is 1. The fraction of sp³-hybridized carbons (Fsp3) is 0.417. The molecule has 23 heavy (non-hydrogen) atoms. The predicted molar refractivity (Wildman–Crippen MR) is 84.7 cm³/mol. The minimum atomic E-state index is -1.28. The number of fused-ring (bicyclic) bond motifs is 1. The highest BCUT2D eigenvalue weighted by Crippen LogP contribution is 2.37. The summed E-state index contributed by atoms with van der Waals surface area (Å²) in [6.07, 6.45) is -4.37. The lowest BCUT2D eigenvalue weighted by molar-refractivity contribution is -0.0316. The Hall–Kier alpha value is -1.25. The van der Waals surface area contributed by atoms with Crippen molar-refractivity contribution in [1.82, 2.24) is 9.55 Å². The lowest BCUT2D eigenvalue weighted by atomic mass is 10.1. The van der Waals surface area contributed by atoms with Crippen molar-refractivity contribution in [2.45, 2.75) is 24.5 Å². The minimum absolute atomic E-state index is 0.0408. The predicted octanol–water partition coefficient (Wildman–Crippen LogP) is 2.93. The quantitative estimate of drug-likeness (QED) is 0.485. The summed E-state index contributed by atoms with van der Waals surface area (Å²) < 4.78 is 6.99. The second-order valence-corrected chi connectivity index (χ2v) is 6.12. The van der Waals surface area contributed by atoms with Gasteiger partial charge >= 0.3 is 0 Å². The van der Waals surface area contributed by atoms with Crippen LogP contribution in [-0.4, -0.2) is 44.6 Å². The maximum atomic E-state index is 10.2. The first-order valence-electron chi connectivity index (χ1n) is 6.49. The second kappa shape index (κ2) is 6.33. The van der Waals surface area contributed by atoms with Crippen molar-refractivity contribution >= 4 is 45.8 Å². The molecule has 8 nitrogen and oxygen atoms in total. The Morgan fingerprint density at radius 3 is 2.65 bits per heavy atom. The standard InChI is InChI=1S/C12H10Cl3N5O3/c13-4-1-6-7(2-5(4)14)20(12(15)18-6)11-10(22)9(21)8(23-11)3-17-19-16/h1-2,8-11,21-22H,3H2. The van der Waals surface area contributed by atoms with E-state index in [0.29, 0.717) is 16.1 Å². The van der Waals surface area contributed by atoms with E-state index in [1.54, 1.807) is 6.07 Å². The zero-order valence-electron chi connectivity index (χ0n) is 11.3. The van der Waals surface area contributed by atoms with Gasteiger partial charge < -0.3 is 14.9 Å². The highest BCUT2D eigenvalue weighted by atomic mass is 35.5. The van der Waals surface area contributed by atoms with Gasteiger partial charge in [0.1, 0.15) is 12.2 Å². The van der Waals surface area contributed by atoms with Crippen molar-refractivity contribution in [1.29, 1.82) is 0 Å². The van der Waals surface area contributed by atoms with Crippen LogP contribution in [0.15, 0.2) is 17.2 Å². The number of aliphatic hydroxyl groups is 2. The summed E-state index contributed by atoms with van der Waals surface area (Å²) in [5.74, 6) is 0. The lowest BCUT2D eigenvalue weighted by Gasteiger charge is -2.18. The Balaban J connectivity index is 2.04. The Labute approximate surface area is 144 Å². The van der Waals surface area contributed by atoms with Gasteiger partial charge in [-0.15, -0.1) is 0 Å². The van der Waals surface area contributed by atoms with Crippen LogP contribution in [0.3, 0.4) is 0 Å². The Bertz CT molecular complexity index is 807. The van der Waals surface area contributed by atoms with Crippen molar-refractivity contribution < 1.29 is 14.9 Å². The summed E-state index contributed by atoms with van der Waals surface area (Å²) in [5, 5.41) is 24.3. The highest BCUT2D eigenvalue weighted by Gasteiger charge is 2.44. The van der Waals surface area contributed by atoms with Crippen LogP contribution in [0.25, 0.3) is 21.5 Å². The smallest absolute Gasteiger partial charge is 0.206 e. The van der Waals surface area contributed by atoms with Crippen molar-refractivity contribution in [3.8, 4) is 0 Å². The third kappa shape index (κ3) is 2.83. The molecule has 1 aliphatic heterocycles. The molecule has 0 amide bonds. The summed E-state index contributed by atoms with van der Waals surface area (Å²) in [6.45, 7) is -0.123. The van der Waals surface area contributed by atoms with Gasteiger partial charge in [-0.2, -0.15) is 0 Å². The van der Waals surface area contributed by atoms with E-state index in [1.807, 2.05) is 0 Å². The molecule has 0 aliphatic carbocycles. The normalized spacial score (nSPS) is 27.3. The van der Waals surface area contributed by atoms with Gasteiger partial charge in [0.05, 0.1) is 33.7 Å². The van der Waals surface area contributed by atoms with E-state index in [-0.39, 0.29) is 16.9 Å². The molecule has 2 N–H and O–H groups in total. The van der Waals surface area contributed by atoms with Gasteiger partial charge in [-0.05, 0) is 29.3 Å². The first kappa shape index (κ1) is 16.6. The van der Waals surface area contributed by atoms with Crippen LogP contribution in [0.2, 0.25) is 15.3 Å². The van der Waals surface area contributed by atoms with Gasteiger partial charge in [-0.3, -0.25) is 4.57 Å². The van der Waals surface area contributed by atoms with Crippen LogP contribution in [0, 0.1) is 0 Å². The number of hydrogen-bond acceptors (Lipinski definition) is 5. The van der Waals surface area contributed by atoms with Crippen molar-refractivity contribution in [3.63, 3.8) is 0 Å². The topological polar surface area (TPSA) is 116 Å². The number of ether oxygens (including phenoxy) is 1. The number of benzene rings is 1. The van der Waals surface area contributed by atoms with Crippen LogP contribution in [0.4, 0.5) is 0 Å². The van der Waals surface area contributed by atoms with E-state index in [1.165, 1.54) is 10.6 Å². The molecule has 3 rings (SSSR count). The molecule has 1 aliphatic rings. The molecule has 1 aromatic carbocycles. The molecule has 0 spiro atoms. The Kier molecular flexibility index (Phi) is 4.57. The molecule has 4 atom stereocenters. The molecule has 11 heteroatoms. The van der Waals surface area contributed by atoms with Gasteiger partial charge in [-0.1, -0.05) is 28.3 Å². The number of aliphatic hydroxyl groups excluding tert-OH is 2. The average Bonchev–Trinajstić information content (AvgIpc) is 2.95. The highest BCUT2D eigenvalue weighted by molar-refractivity contribution is 6.42. The van der Waals surface area contributed by atoms with Crippen molar-refractivity contribution in [2.75, 3.05) is 6.54 Å². The van der Waals surface area contributed by atoms with Crippen LogP contribution < -0.4 is 0 Å². The van der Waals surface area contributed by atoms with E-state index < -0.39 is 24.5 Å². The van der Waals surface area contributed by atoms with E-state index in [9.17, 15) is 10.2 Å². The fourth-order valence-electron chi connectivity index (χ4n) is 2.51. The number of rotatable bonds is 3. The van der Waals surface area contributed by atoms with Crippen LogP contribution in [0.1, 0.15) is 6.23 Å². The molecule has 1 fully saturated rings. The van der Waals surface area contributed by atoms with E-state index in [2.05, 4.69) is 15.0 Å². The molecule has 0 bridgehead atoms. The number of hydrogen-bond donors (Lipinski definition) is 2. The summed E-state index contributed by atoms with van der Waals surface area (Å²) in [5.41, 5.74) is 9.32. The largest absolute Gasteiger partial charge is 0.388 e. The maximum absolute atomic E-state index is 10.2. The van der Waals surface area contributed by atoms with Crippen LogP contribution in [0.5, 0.6) is 0 Å². The third-order valence-corrected chi connectivity index (χ3v) is 4.59. The minimum Gasteiger partial charge on any atom is -0.388 e. The first-order valence-corrected chi connectivity index (χ1v) is 7.62. The van der Waals surface area contributed by atoms with E-state index >= 15 is 0 Å². The molecule has 122 valence electrons. The maximum Gasteiger partial charge on any atom is 0.206 e. The summed E-state index contributed by atoms with van der Waals surface area (Å²) in [7, 11) is 0. The molecular weight excluding hydrogens is 369 g/mol. The molecule has 2 aromatic rings. The fourth-order valence-corrected chi connectivity index (χ4v) is 3.11. The number of aromatic nitrogens is 2. The SMILES string of the molecule is [N-]=[N+]=NCC1OC(n2c(Cl)nc3cc(Cl)c(Cl)cc32)C(O)C1O. The van der Waals surface area contributed by atoms with Gasteiger partial charge in [0.15, 0.2) is 6.23 Å². The molecule has 1 aromatic heterocycles.